The minimum absolute atomic E-state index is 0.0121. The van der Waals surface area contributed by atoms with Crippen molar-refractivity contribution in [1.82, 2.24) is 10.2 Å². The van der Waals surface area contributed by atoms with Gasteiger partial charge in [-0.3, -0.25) is 29.4 Å². The van der Waals surface area contributed by atoms with Crippen LogP contribution in [0.25, 0.3) is 0 Å². The largest absolute Gasteiger partial charge is 0.376 e. The van der Waals surface area contributed by atoms with Gasteiger partial charge in [0.2, 0.25) is 23.6 Å². The quantitative estimate of drug-likeness (QED) is 0.563. The summed E-state index contributed by atoms with van der Waals surface area (Å²) in [5.41, 5.74) is 4.41. The van der Waals surface area contributed by atoms with Gasteiger partial charge in [0.15, 0.2) is 0 Å². The van der Waals surface area contributed by atoms with Gasteiger partial charge in [0, 0.05) is 30.3 Å². The molecule has 1 aromatic carbocycles. The van der Waals surface area contributed by atoms with Gasteiger partial charge < -0.3 is 15.8 Å². The summed E-state index contributed by atoms with van der Waals surface area (Å²) in [7, 11) is 0. The zero-order chi connectivity index (χ0) is 21.9. The molecule has 10 heteroatoms. The number of nitrogens with zero attached hydrogens (tertiary/aromatic N) is 1. The predicted molar refractivity (Wildman–Crippen MR) is 105 cm³/mol. The van der Waals surface area contributed by atoms with Crippen molar-refractivity contribution in [3.8, 4) is 0 Å². The molecule has 0 aromatic heterocycles. The highest BCUT2D eigenvalue weighted by atomic mass is 19.1. The third kappa shape index (κ3) is 2.89. The molecule has 0 bridgehead atoms. The van der Waals surface area contributed by atoms with E-state index in [1.54, 1.807) is 0 Å². The molecule has 1 spiro atoms. The van der Waals surface area contributed by atoms with E-state index in [-0.39, 0.29) is 25.5 Å². The van der Waals surface area contributed by atoms with Gasteiger partial charge in [0.25, 0.3) is 0 Å². The maximum Gasteiger partial charge on any atom is 0.250 e. The van der Waals surface area contributed by atoms with Crippen molar-refractivity contribution in [1.29, 1.82) is 0 Å². The van der Waals surface area contributed by atoms with E-state index in [0.29, 0.717) is 17.9 Å². The van der Waals surface area contributed by atoms with Gasteiger partial charge in [-0.2, -0.15) is 0 Å². The number of anilines is 1. The molecule has 31 heavy (non-hydrogen) atoms. The van der Waals surface area contributed by atoms with E-state index in [0.717, 1.165) is 12.8 Å². The number of hydrogen-bond donors (Lipinski definition) is 3. The lowest BCUT2D eigenvalue weighted by atomic mass is 9.76. The summed E-state index contributed by atoms with van der Waals surface area (Å²) in [6.07, 6.45) is 1.54. The van der Waals surface area contributed by atoms with Crippen molar-refractivity contribution < 1.29 is 28.3 Å². The number of benzene rings is 1. The van der Waals surface area contributed by atoms with Gasteiger partial charge in [0.05, 0.1) is 24.5 Å². The molecule has 0 radical (unpaired) electrons. The Kier molecular flexibility index (Phi) is 4.60. The summed E-state index contributed by atoms with van der Waals surface area (Å²) in [6.45, 7) is 0.705. The molecule has 4 N–H and O–H groups in total. The molecule has 164 valence electrons. The molecule has 0 aliphatic carbocycles. The average molecular weight is 430 g/mol. The first-order valence-electron chi connectivity index (χ1n) is 10.5. The van der Waals surface area contributed by atoms with Crippen LogP contribution in [0.2, 0.25) is 0 Å². The van der Waals surface area contributed by atoms with Crippen molar-refractivity contribution in [3.63, 3.8) is 0 Å². The standard InChI is InChI=1S/C21H23FN4O5/c22-10-3-4-13-12(8-10)21(20(30)24-13)17-16(14(25-21)5-6-15(23)27)18(28)26(19(17)29)9-11-2-1-7-31-11/h3-4,8,11,14,16-17,25H,1-2,5-7,9H2,(H2,23,27)(H,24,30). The minimum Gasteiger partial charge on any atom is -0.376 e. The molecular formula is C21H23FN4O5. The molecule has 9 nitrogen and oxygen atoms in total. The lowest BCUT2D eigenvalue weighted by molar-refractivity contribution is -0.144. The fourth-order valence-electron chi connectivity index (χ4n) is 5.55. The van der Waals surface area contributed by atoms with Crippen molar-refractivity contribution >= 4 is 29.3 Å². The number of carbonyl (C=O) groups is 4. The molecule has 3 saturated heterocycles. The number of amides is 4. The summed E-state index contributed by atoms with van der Waals surface area (Å²) in [4.78, 5) is 52.6. The number of rotatable bonds is 5. The fraction of sp³-hybridized carbons (Fsp3) is 0.524. The second kappa shape index (κ2) is 7.10. The molecular weight excluding hydrogens is 407 g/mol. The topological polar surface area (TPSA) is 131 Å². The Morgan fingerprint density at radius 3 is 2.81 bits per heavy atom. The molecule has 5 unspecified atom stereocenters. The number of halogens is 1. The van der Waals surface area contributed by atoms with Crippen LogP contribution >= 0.6 is 0 Å². The van der Waals surface area contributed by atoms with Gasteiger partial charge in [0.1, 0.15) is 11.4 Å². The molecule has 5 atom stereocenters. The van der Waals surface area contributed by atoms with Crippen LogP contribution in [0.15, 0.2) is 18.2 Å². The molecule has 0 saturated carbocycles. The average Bonchev–Trinajstić information content (AvgIpc) is 3.46. The van der Waals surface area contributed by atoms with Crippen molar-refractivity contribution in [2.45, 2.75) is 43.4 Å². The number of nitrogens with two attached hydrogens (primary N) is 1. The molecule has 1 aromatic rings. The van der Waals surface area contributed by atoms with E-state index >= 15 is 0 Å². The smallest absolute Gasteiger partial charge is 0.250 e. The summed E-state index contributed by atoms with van der Waals surface area (Å²) in [5, 5.41) is 5.86. The van der Waals surface area contributed by atoms with Crippen LogP contribution < -0.4 is 16.4 Å². The number of ether oxygens (including phenoxy) is 1. The number of primary amides is 1. The zero-order valence-electron chi connectivity index (χ0n) is 16.7. The second-order valence-electron chi connectivity index (χ2n) is 8.63. The van der Waals surface area contributed by atoms with Crippen LogP contribution in [0.4, 0.5) is 10.1 Å². The Labute approximate surface area is 177 Å². The first-order chi connectivity index (χ1) is 14.8. The van der Waals surface area contributed by atoms with E-state index < -0.39 is 52.9 Å². The van der Waals surface area contributed by atoms with Gasteiger partial charge in [-0.15, -0.1) is 0 Å². The van der Waals surface area contributed by atoms with E-state index in [1.165, 1.54) is 23.1 Å². The second-order valence-corrected chi connectivity index (χ2v) is 8.63. The van der Waals surface area contributed by atoms with Gasteiger partial charge in [-0.05, 0) is 37.5 Å². The van der Waals surface area contributed by atoms with Crippen LogP contribution in [0, 0.1) is 17.7 Å². The Hall–Kier alpha value is -2.85. The number of fused-ring (bicyclic) bond motifs is 4. The Balaban J connectivity index is 1.57. The Morgan fingerprint density at radius 2 is 2.10 bits per heavy atom. The monoisotopic (exact) mass is 430 g/mol. The van der Waals surface area contributed by atoms with Crippen LogP contribution in [-0.4, -0.2) is 53.8 Å². The van der Waals surface area contributed by atoms with E-state index in [9.17, 15) is 23.6 Å². The van der Waals surface area contributed by atoms with Crippen LogP contribution in [-0.2, 0) is 29.5 Å². The third-order valence-electron chi connectivity index (χ3n) is 6.88. The van der Waals surface area contributed by atoms with Gasteiger partial charge in [-0.1, -0.05) is 0 Å². The third-order valence-corrected chi connectivity index (χ3v) is 6.88. The molecule has 4 amide bonds. The van der Waals surface area contributed by atoms with Gasteiger partial charge in [-0.25, -0.2) is 4.39 Å². The normalized spacial score (nSPS) is 33.8. The zero-order valence-corrected chi connectivity index (χ0v) is 16.7. The molecule has 5 rings (SSSR count). The Bertz CT molecular complexity index is 994. The highest BCUT2D eigenvalue weighted by Crippen LogP contribution is 2.53. The molecule has 4 heterocycles. The number of hydrogen-bond acceptors (Lipinski definition) is 6. The SMILES string of the molecule is NC(=O)CCC1NC2(C(=O)Nc3ccc(F)cc32)C2C(=O)N(CC3CCCO3)C(=O)C12. The maximum atomic E-state index is 14.1. The summed E-state index contributed by atoms with van der Waals surface area (Å²) in [5.74, 6) is -4.38. The van der Waals surface area contributed by atoms with Crippen LogP contribution in [0.1, 0.15) is 31.2 Å². The summed E-state index contributed by atoms with van der Waals surface area (Å²) < 4.78 is 19.7. The number of nitrogens with one attached hydrogen (secondary N) is 2. The number of imide groups is 1. The summed E-state index contributed by atoms with van der Waals surface area (Å²) in [6, 6.07) is 3.24. The van der Waals surface area contributed by atoms with E-state index in [4.69, 9.17) is 10.5 Å². The molecule has 4 aliphatic rings. The minimum atomic E-state index is -1.58. The molecule has 4 aliphatic heterocycles. The van der Waals surface area contributed by atoms with E-state index in [1.807, 2.05) is 0 Å². The first-order valence-corrected chi connectivity index (χ1v) is 10.5. The van der Waals surface area contributed by atoms with E-state index in [2.05, 4.69) is 10.6 Å². The van der Waals surface area contributed by atoms with Gasteiger partial charge >= 0.3 is 0 Å². The highest BCUT2D eigenvalue weighted by Gasteiger charge is 2.70. The lowest BCUT2D eigenvalue weighted by Crippen LogP contribution is -2.53. The first kappa shape index (κ1) is 20.1. The number of likely N-dealkylation sites (tertiary alicyclic amines) is 1. The lowest BCUT2D eigenvalue weighted by Gasteiger charge is -2.30. The highest BCUT2D eigenvalue weighted by molar-refractivity contribution is 6.15. The maximum absolute atomic E-state index is 14.1. The fourth-order valence-corrected chi connectivity index (χ4v) is 5.55. The van der Waals surface area contributed by atoms with Crippen LogP contribution in [0.5, 0.6) is 0 Å². The number of carbonyl (C=O) groups excluding carboxylic acids is 4. The Morgan fingerprint density at radius 1 is 1.29 bits per heavy atom. The van der Waals surface area contributed by atoms with Crippen molar-refractivity contribution in [3.05, 3.63) is 29.6 Å². The van der Waals surface area contributed by atoms with Crippen LogP contribution in [0.3, 0.4) is 0 Å². The van der Waals surface area contributed by atoms with Crippen molar-refractivity contribution in [2.24, 2.45) is 17.6 Å². The predicted octanol–water partition coefficient (Wildman–Crippen LogP) is -0.00940. The summed E-state index contributed by atoms with van der Waals surface area (Å²) >= 11 is 0. The van der Waals surface area contributed by atoms with Crippen molar-refractivity contribution in [2.75, 3.05) is 18.5 Å². The molecule has 3 fully saturated rings.